The average Bonchev–Trinajstić information content (AvgIpc) is 3.01. The third-order valence-electron chi connectivity index (χ3n) is 4.79. The Labute approximate surface area is 168 Å². The fraction of sp³-hybridized carbons (Fsp3) is 0.238. The first-order valence-corrected chi connectivity index (χ1v) is 10.1. The number of amidine groups is 1. The summed E-state index contributed by atoms with van der Waals surface area (Å²) in [6.07, 6.45) is 0.523. The van der Waals surface area contributed by atoms with Gasteiger partial charge in [0.15, 0.2) is 5.17 Å². The van der Waals surface area contributed by atoms with Crippen molar-refractivity contribution in [2.45, 2.75) is 32.9 Å². The lowest BCUT2D eigenvalue weighted by Crippen LogP contribution is -2.55. The summed E-state index contributed by atoms with van der Waals surface area (Å²) in [4.78, 5) is 17.2. The summed E-state index contributed by atoms with van der Waals surface area (Å²) >= 11 is 7.85. The van der Waals surface area contributed by atoms with Crippen LogP contribution in [0.4, 0.5) is 0 Å². The van der Waals surface area contributed by atoms with Gasteiger partial charge >= 0.3 is 0 Å². The number of hydrazine groups is 1. The van der Waals surface area contributed by atoms with E-state index in [1.54, 1.807) is 0 Å². The Bertz CT molecular complexity index is 939. The van der Waals surface area contributed by atoms with Crippen LogP contribution in [0.3, 0.4) is 0 Å². The smallest absolute Gasteiger partial charge is 0.267 e. The molecule has 0 radical (unpaired) electrons. The lowest BCUT2D eigenvalue weighted by molar-refractivity contribution is -0.130. The van der Waals surface area contributed by atoms with E-state index in [2.05, 4.69) is 46.2 Å². The van der Waals surface area contributed by atoms with Crippen molar-refractivity contribution in [1.29, 1.82) is 0 Å². The molecule has 4 rings (SSSR count). The number of thioether (sulfide) groups is 1. The van der Waals surface area contributed by atoms with E-state index in [1.165, 1.54) is 17.3 Å². The maximum absolute atomic E-state index is 12.9. The molecule has 2 heterocycles. The molecular weight excluding hydrogens is 378 g/mol. The number of hydrogen-bond acceptors (Lipinski definition) is 4. The third-order valence-corrected chi connectivity index (χ3v) is 6.10. The molecule has 0 aliphatic carbocycles. The lowest BCUT2D eigenvalue weighted by Gasteiger charge is -2.41. The monoisotopic (exact) mass is 397 g/mol. The Balaban J connectivity index is 1.70. The van der Waals surface area contributed by atoms with Gasteiger partial charge in [0.2, 0.25) is 0 Å². The summed E-state index contributed by atoms with van der Waals surface area (Å²) in [5.41, 5.74) is 4.40. The van der Waals surface area contributed by atoms with Crippen molar-refractivity contribution in [2.24, 2.45) is 4.99 Å². The van der Waals surface area contributed by atoms with Crippen LogP contribution in [0, 0.1) is 6.92 Å². The number of benzene rings is 2. The van der Waals surface area contributed by atoms with Crippen LogP contribution in [0.2, 0.25) is 5.02 Å². The number of hydrogen-bond donors (Lipinski definition) is 0. The first kappa shape index (κ1) is 18.3. The van der Waals surface area contributed by atoms with Gasteiger partial charge in [0.1, 0.15) is 6.04 Å². The van der Waals surface area contributed by atoms with Gasteiger partial charge < -0.3 is 0 Å². The van der Waals surface area contributed by atoms with Crippen LogP contribution in [0.25, 0.3) is 0 Å². The van der Waals surface area contributed by atoms with Gasteiger partial charge in [-0.1, -0.05) is 71.4 Å². The van der Waals surface area contributed by atoms with E-state index in [9.17, 15) is 4.79 Å². The normalized spacial score (nSPS) is 19.7. The zero-order valence-corrected chi connectivity index (χ0v) is 16.8. The lowest BCUT2D eigenvalue weighted by atomic mass is 10.0. The summed E-state index contributed by atoms with van der Waals surface area (Å²) < 4.78 is 0. The highest BCUT2D eigenvalue weighted by molar-refractivity contribution is 8.16. The minimum Gasteiger partial charge on any atom is -0.271 e. The molecule has 2 aromatic rings. The zero-order valence-electron chi connectivity index (χ0n) is 15.2. The topological polar surface area (TPSA) is 35.9 Å². The van der Waals surface area contributed by atoms with Gasteiger partial charge in [0.25, 0.3) is 5.91 Å². The van der Waals surface area contributed by atoms with Crippen LogP contribution in [-0.4, -0.2) is 27.1 Å². The molecule has 0 spiro atoms. The highest BCUT2D eigenvalue weighted by Crippen LogP contribution is 2.34. The number of halogens is 1. The summed E-state index contributed by atoms with van der Waals surface area (Å²) in [6, 6.07) is 15.7. The van der Waals surface area contributed by atoms with Gasteiger partial charge in [0.05, 0.1) is 0 Å². The standard InChI is InChI=1S/C21H20ClN3OS/c1-14-7-9-16(10-8-14)12-24-19(11-17-5-3-4-6-18(17)22)20(26)23-21-25(24)15(2)13-27-21/h3-10,13,19H,11-12H2,1-2H3. The van der Waals surface area contributed by atoms with Crippen molar-refractivity contribution in [3.63, 3.8) is 0 Å². The molecule has 6 heteroatoms. The molecule has 2 aliphatic rings. The molecule has 0 saturated carbocycles. The molecule has 138 valence electrons. The molecule has 0 saturated heterocycles. The fourth-order valence-corrected chi connectivity index (χ4v) is 4.42. The summed E-state index contributed by atoms with van der Waals surface area (Å²) in [6.45, 7) is 4.75. The Kier molecular flexibility index (Phi) is 5.08. The second kappa shape index (κ2) is 7.50. The number of carbonyl (C=O) groups is 1. The Hall–Kier alpha value is -2.08. The molecule has 0 fully saturated rings. The molecule has 2 aliphatic heterocycles. The Morgan fingerprint density at radius 1 is 1.11 bits per heavy atom. The van der Waals surface area contributed by atoms with E-state index < -0.39 is 6.04 Å². The average molecular weight is 398 g/mol. The predicted molar refractivity (Wildman–Crippen MR) is 111 cm³/mol. The first-order chi connectivity index (χ1) is 13.0. The number of aryl methyl sites for hydroxylation is 1. The number of nitrogens with zero attached hydrogens (tertiary/aromatic N) is 3. The number of amides is 1. The van der Waals surface area contributed by atoms with Crippen LogP contribution in [0.15, 0.2) is 64.6 Å². The maximum atomic E-state index is 12.9. The molecule has 4 nitrogen and oxygen atoms in total. The second-order valence-electron chi connectivity index (χ2n) is 6.82. The summed E-state index contributed by atoms with van der Waals surface area (Å²) in [5, 5.41) is 7.61. The van der Waals surface area contributed by atoms with E-state index in [-0.39, 0.29) is 5.91 Å². The van der Waals surface area contributed by atoms with Gasteiger partial charge in [-0.3, -0.25) is 9.80 Å². The van der Waals surface area contributed by atoms with Gasteiger partial charge in [0, 0.05) is 23.7 Å². The van der Waals surface area contributed by atoms with E-state index >= 15 is 0 Å². The summed E-state index contributed by atoms with van der Waals surface area (Å²) in [7, 11) is 0. The van der Waals surface area contributed by atoms with Crippen molar-refractivity contribution in [2.75, 3.05) is 0 Å². The van der Waals surface area contributed by atoms with Gasteiger partial charge in [-0.05, 0) is 36.4 Å². The van der Waals surface area contributed by atoms with E-state index in [0.29, 0.717) is 18.0 Å². The largest absolute Gasteiger partial charge is 0.271 e. The quantitative estimate of drug-likeness (QED) is 0.743. The molecular formula is C21H20ClN3OS. The van der Waals surface area contributed by atoms with E-state index in [1.807, 2.05) is 36.6 Å². The fourth-order valence-electron chi connectivity index (χ4n) is 3.34. The number of allylic oxidation sites excluding steroid dienone is 1. The van der Waals surface area contributed by atoms with Crippen molar-refractivity contribution >= 4 is 34.4 Å². The molecule has 1 unspecified atom stereocenters. The van der Waals surface area contributed by atoms with Gasteiger partial charge in [-0.2, -0.15) is 10.0 Å². The Morgan fingerprint density at radius 2 is 1.85 bits per heavy atom. The molecule has 0 N–H and O–H groups in total. The van der Waals surface area contributed by atoms with E-state index in [4.69, 9.17) is 11.6 Å². The molecule has 0 bridgehead atoms. The number of aliphatic imine (C=N–C) groups is 1. The van der Waals surface area contributed by atoms with Gasteiger partial charge in [-0.15, -0.1) is 0 Å². The first-order valence-electron chi connectivity index (χ1n) is 8.84. The van der Waals surface area contributed by atoms with Crippen molar-refractivity contribution in [3.05, 3.63) is 81.3 Å². The molecule has 27 heavy (non-hydrogen) atoms. The van der Waals surface area contributed by atoms with Crippen molar-refractivity contribution in [1.82, 2.24) is 10.0 Å². The number of carbonyl (C=O) groups excluding carboxylic acids is 1. The highest BCUT2D eigenvalue weighted by Gasteiger charge is 2.40. The predicted octanol–water partition coefficient (Wildman–Crippen LogP) is 4.78. The molecule has 2 aromatic carbocycles. The van der Waals surface area contributed by atoms with Crippen LogP contribution in [0.5, 0.6) is 0 Å². The van der Waals surface area contributed by atoms with Crippen LogP contribution < -0.4 is 0 Å². The Morgan fingerprint density at radius 3 is 2.59 bits per heavy atom. The van der Waals surface area contributed by atoms with Crippen molar-refractivity contribution < 1.29 is 4.79 Å². The maximum Gasteiger partial charge on any atom is 0.267 e. The molecule has 0 aromatic heterocycles. The minimum atomic E-state index is -0.392. The third kappa shape index (κ3) is 3.68. The zero-order chi connectivity index (χ0) is 19.0. The number of fused-ring (bicyclic) bond motifs is 1. The highest BCUT2D eigenvalue weighted by atomic mass is 35.5. The van der Waals surface area contributed by atoms with Gasteiger partial charge in [-0.25, -0.2) is 0 Å². The molecule has 1 atom stereocenters. The van der Waals surface area contributed by atoms with Crippen molar-refractivity contribution in [3.8, 4) is 0 Å². The van der Waals surface area contributed by atoms with E-state index in [0.717, 1.165) is 22.0 Å². The summed E-state index contributed by atoms with van der Waals surface area (Å²) in [5.74, 6) is -0.121. The van der Waals surface area contributed by atoms with Crippen LogP contribution in [0.1, 0.15) is 23.6 Å². The van der Waals surface area contributed by atoms with Crippen LogP contribution in [-0.2, 0) is 17.8 Å². The minimum absolute atomic E-state index is 0.121. The SMILES string of the molecule is CC1=CSC2=NC(=O)C(Cc3ccccc3Cl)N(Cc3ccc(C)cc3)N12. The molecule has 1 amide bonds. The van der Waals surface area contributed by atoms with Crippen LogP contribution >= 0.6 is 23.4 Å². The number of rotatable bonds is 4. The second-order valence-corrected chi connectivity index (χ2v) is 8.06.